The summed E-state index contributed by atoms with van der Waals surface area (Å²) in [5, 5.41) is 1.37. The van der Waals surface area contributed by atoms with Gasteiger partial charge in [0.1, 0.15) is 10.8 Å². The minimum atomic E-state index is 0.0474. The highest BCUT2D eigenvalue weighted by Gasteiger charge is 2.25. The van der Waals surface area contributed by atoms with Gasteiger partial charge in [0.2, 0.25) is 0 Å². The summed E-state index contributed by atoms with van der Waals surface area (Å²) in [6.07, 6.45) is 2.60. The lowest BCUT2D eigenvalue weighted by Crippen LogP contribution is -2.37. The van der Waals surface area contributed by atoms with Crippen LogP contribution in [-0.2, 0) is 20.0 Å². The number of aryl methyl sites for hydroxylation is 1. The van der Waals surface area contributed by atoms with E-state index in [2.05, 4.69) is 49.1 Å². The van der Waals surface area contributed by atoms with Crippen molar-refractivity contribution < 1.29 is 4.79 Å². The van der Waals surface area contributed by atoms with Crippen LogP contribution in [0.1, 0.15) is 40.1 Å². The number of aromatic nitrogens is 2. The van der Waals surface area contributed by atoms with Crippen molar-refractivity contribution in [3.8, 4) is 0 Å². The van der Waals surface area contributed by atoms with E-state index in [1.54, 1.807) is 12.3 Å². The molecule has 0 saturated carbocycles. The van der Waals surface area contributed by atoms with Gasteiger partial charge in [-0.05, 0) is 56.3 Å². The molecule has 5 nitrogen and oxygen atoms in total. The lowest BCUT2D eigenvalue weighted by molar-refractivity contribution is 0.0725. The average molecular weight is 397 g/mol. The number of halogens is 1. The maximum Gasteiger partial charge on any atom is 0.270 e. The Morgan fingerprint density at radius 1 is 1.21 bits per heavy atom. The molecule has 3 aromatic rings. The Morgan fingerprint density at radius 3 is 2.75 bits per heavy atom. The van der Waals surface area contributed by atoms with Crippen LogP contribution in [0.4, 0.5) is 0 Å². The van der Waals surface area contributed by atoms with E-state index in [9.17, 15) is 4.79 Å². The zero-order valence-corrected chi connectivity index (χ0v) is 17.5. The topological polar surface area (TPSA) is 41.4 Å². The predicted molar refractivity (Wildman–Crippen MR) is 113 cm³/mol. The van der Waals surface area contributed by atoms with Gasteiger partial charge in [0.25, 0.3) is 5.91 Å². The SMILES string of the molecule is CC(c1ccc2c(c1)CCN(C(=O)c1cc3cc(Cl)ncc3n1C)C2)N(C)C. The Bertz CT molecular complexity index is 1060. The standard InChI is InChI=1S/C22H25ClN4O/c1-14(25(2)3)15-5-6-17-13-27(8-7-16(17)9-15)22(28)19-10-18-11-21(23)24-12-20(18)26(19)4/h5-6,9-12,14H,7-8,13H2,1-4H3. The minimum Gasteiger partial charge on any atom is -0.338 e. The molecule has 0 radical (unpaired) electrons. The van der Waals surface area contributed by atoms with Crippen molar-refractivity contribution >= 4 is 28.4 Å². The molecule has 28 heavy (non-hydrogen) atoms. The second-order valence-corrected chi connectivity index (χ2v) is 8.19. The lowest BCUT2D eigenvalue weighted by atomic mass is 9.94. The van der Waals surface area contributed by atoms with Crippen LogP contribution in [0.5, 0.6) is 0 Å². The van der Waals surface area contributed by atoms with E-state index in [1.807, 2.05) is 22.6 Å². The molecule has 0 aliphatic carbocycles. The third kappa shape index (κ3) is 3.29. The Kier molecular flexibility index (Phi) is 4.89. The number of pyridine rings is 1. The predicted octanol–water partition coefficient (Wildman–Crippen LogP) is 4.05. The van der Waals surface area contributed by atoms with Crippen LogP contribution >= 0.6 is 11.6 Å². The summed E-state index contributed by atoms with van der Waals surface area (Å²) < 4.78 is 1.90. The summed E-state index contributed by atoms with van der Waals surface area (Å²) >= 11 is 6.00. The number of amides is 1. The molecule has 0 spiro atoms. The molecule has 146 valence electrons. The van der Waals surface area contributed by atoms with Gasteiger partial charge < -0.3 is 14.4 Å². The summed E-state index contributed by atoms with van der Waals surface area (Å²) in [5.74, 6) is 0.0474. The van der Waals surface area contributed by atoms with Crippen LogP contribution in [0, 0.1) is 0 Å². The van der Waals surface area contributed by atoms with Gasteiger partial charge in [-0.3, -0.25) is 4.79 Å². The first-order valence-electron chi connectivity index (χ1n) is 9.53. The van der Waals surface area contributed by atoms with Gasteiger partial charge in [-0.1, -0.05) is 29.8 Å². The molecule has 3 heterocycles. The van der Waals surface area contributed by atoms with E-state index >= 15 is 0 Å². The first kappa shape index (κ1) is 19.0. The van der Waals surface area contributed by atoms with Gasteiger partial charge in [0.05, 0.1) is 11.7 Å². The van der Waals surface area contributed by atoms with E-state index in [0.717, 1.165) is 23.9 Å². The number of carbonyl (C=O) groups is 1. The zero-order chi connectivity index (χ0) is 20.0. The van der Waals surface area contributed by atoms with Crippen LogP contribution in [0.2, 0.25) is 5.15 Å². The number of nitrogens with zero attached hydrogens (tertiary/aromatic N) is 4. The number of benzene rings is 1. The third-order valence-corrected chi connectivity index (χ3v) is 6.11. The van der Waals surface area contributed by atoms with E-state index < -0.39 is 0 Å². The van der Waals surface area contributed by atoms with Crippen molar-refractivity contribution in [1.82, 2.24) is 19.4 Å². The number of hydrogen-bond donors (Lipinski definition) is 0. The first-order valence-corrected chi connectivity index (χ1v) is 9.91. The molecule has 2 aromatic heterocycles. The van der Waals surface area contributed by atoms with Gasteiger partial charge in [-0.15, -0.1) is 0 Å². The Hall–Kier alpha value is -2.37. The number of hydrogen-bond acceptors (Lipinski definition) is 3. The molecule has 1 unspecified atom stereocenters. The fourth-order valence-corrected chi connectivity index (χ4v) is 4.04. The van der Waals surface area contributed by atoms with Crippen LogP contribution in [0.15, 0.2) is 36.5 Å². The smallest absolute Gasteiger partial charge is 0.270 e. The van der Waals surface area contributed by atoms with E-state index in [4.69, 9.17) is 11.6 Å². The normalized spacial score (nSPS) is 15.1. The molecular weight excluding hydrogens is 372 g/mol. The molecular formula is C22H25ClN4O. The number of fused-ring (bicyclic) bond motifs is 2. The maximum absolute atomic E-state index is 13.2. The second-order valence-electron chi connectivity index (χ2n) is 7.80. The summed E-state index contributed by atoms with van der Waals surface area (Å²) in [4.78, 5) is 21.5. The fourth-order valence-electron chi connectivity index (χ4n) is 3.88. The third-order valence-electron chi connectivity index (χ3n) is 5.90. The summed E-state index contributed by atoms with van der Waals surface area (Å²) in [5.41, 5.74) is 5.48. The molecule has 0 saturated heterocycles. The summed E-state index contributed by atoms with van der Waals surface area (Å²) in [6.45, 7) is 3.58. The van der Waals surface area contributed by atoms with Crippen LogP contribution in [0.25, 0.3) is 10.9 Å². The van der Waals surface area contributed by atoms with Crippen LogP contribution in [-0.4, -0.2) is 45.9 Å². The first-order chi connectivity index (χ1) is 13.3. The largest absolute Gasteiger partial charge is 0.338 e. The maximum atomic E-state index is 13.2. The lowest BCUT2D eigenvalue weighted by Gasteiger charge is -2.30. The zero-order valence-electron chi connectivity index (χ0n) is 16.7. The van der Waals surface area contributed by atoms with Crippen molar-refractivity contribution in [3.05, 3.63) is 64.1 Å². The van der Waals surface area contributed by atoms with Gasteiger partial charge in [0, 0.05) is 31.6 Å². The average Bonchev–Trinajstić information content (AvgIpc) is 3.01. The van der Waals surface area contributed by atoms with E-state index in [1.165, 1.54) is 16.7 Å². The van der Waals surface area contributed by atoms with E-state index in [-0.39, 0.29) is 5.91 Å². The Morgan fingerprint density at radius 2 is 2.00 bits per heavy atom. The van der Waals surface area contributed by atoms with Crippen LogP contribution < -0.4 is 0 Å². The molecule has 1 aromatic carbocycles. The summed E-state index contributed by atoms with van der Waals surface area (Å²) in [6, 6.07) is 10.7. The van der Waals surface area contributed by atoms with Gasteiger partial charge in [-0.25, -0.2) is 4.98 Å². The molecule has 1 atom stereocenters. The van der Waals surface area contributed by atoms with Crippen LogP contribution in [0.3, 0.4) is 0 Å². The molecule has 0 fully saturated rings. The highest BCUT2D eigenvalue weighted by Crippen LogP contribution is 2.27. The number of carbonyl (C=O) groups excluding carboxylic acids is 1. The fraction of sp³-hybridized carbons (Fsp3) is 0.364. The van der Waals surface area contributed by atoms with Crippen molar-refractivity contribution in [1.29, 1.82) is 0 Å². The number of rotatable bonds is 3. The van der Waals surface area contributed by atoms with Gasteiger partial charge in [-0.2, -0.15) is 0 Å². The van der Waals surface area contributed by atoms with Gasteiger partial charge in [0.15, 0.2) is 0 Å². The minimum absolute atomic E-state index is 0.0474. The molecule has 0 bridgehead atoms. The van der Waals surface area contributed by atoms with Gasteiger partial charge >= 0.3 is 0 Å². The van der Waals surface area contributed by atoms with Crippen molar-refractivity contribution in [3.63, 3.8) is 0 Å². The highest BCUT2D eigenvalue weighted by atomic mass is 35.5. The van der Waals surface area contributed by atoms with Crippen molar-refractivity contribution in [2.24, 2.45) is 7.05 Å². The Balaban J connectivity index is 1.59. The highest BCUT2D eigenvalue weighted by molar-refractivity contribution is 6.30. The quantitative estimate of drug-likeness (QED) is 0.627. The molecule has 1 aliphatic heterocycles. The molecule has 1 amide bonds. The van der Waals surface area contributed by atoms with E-state index in [0.29, 0.717) is 23.4 Å². The Labute approximate surface area is 170 Å². The molecule has 4 rings (SSSR count). The molecule has 0 N–H and O–H groups in total. The summed E-state index contributed by atoms with van der Waals surface area (Å²) in [7, 11) is 6.09. The van der Waals surface area contributed by atoms with Crippen molar-refractivity contribution in [2.75, 3.05) is 20.6 Å². The monoisotopic (exact) mass is 396 g/mol. The molecule has 1 aliphatic rings. The van der Waals surface area contributed by atoms with Crippen molar-refractivity contribution in [2.45, 2.75) is 25.9 Å². The molecule has 6 heteroatoms. The second kappa shape index (κ2) is 7.22.